The summed E-state index contributed by atoms with van der Waals surface area (Å²) in [6, 6.07) is 4.58. The third-order valence-corrected chi connectivity index (χ3v) is 3.38. The smallest absolute Gasteiger partial charge is 0.377 e. The molecule has 25 heavy (non-hydrogen) atoms. The molecule has 8 heteroatoms. The van der Waals surface area contributed by atoms with Gasteiger partial charge in [0.1, 0.15) is 5.56 Å². The number of hydrogen-bond donors (Lipinski definition) is 1. The quantitative estimate of drug-likeness (QED) is 0.799. The predicted octanol–water partition coefficient (Wildman–Crippen LogP) is 3.82. The average molecular weight is 356 g/mol. The van der Waals surface area contributed by atoms with Crippen LogP contribution in [0.15, 0.2) is 28.8 Å². The van der Waals surface area contributed by atoms with Gasteiger partial charge in [0.2, 0.25) is 0 Å². The minimum atomic E-state index is -4.48. The molecule has 1 aromatic carbocycles. The minimum absolute atomic E-state index is 0.00544. The maximum Gasteiger partial charge on any atom is 0.416 e. The molecule has 0 spiro atoms. The summed E-state index contributed by atoms with van der Waals surface area (Å²) in [4.78, 5) is 12.4. The Morgan fingerprint density at radius 1 is 1.36 bits per heavy atom. The zero-order valence-corrected chi connectivity index (χ0v) is 14.1. The summed E-state index contributed by atoms with van der Waals surface area (Å²) in [7, 11) is 0. The SMILES string of the molecule is Cc1noc(-c2cccc(C(F)(F)F)c2)c1C(=O)NCCOC(C)C. The van der Waals surface area contributed by atoms with Crippen LogP contribution in [0.1, 0.15) is 35.5 Å². The summed E-state index contributed by atoms with van der Waals surface area (Å²) in [5.74, 6) is -0.468. The number of alkyl halides is 3. The van der Waals surface area contributed by atoms with Crippen LogP contribution < -0.4 is 5.32 Å². The Labute approximate surface area is 143 Å². The number of nitrogens with zero attached hydrogens (tertiary/aromatic N) is 1. The molecular formula is C17H19F3N2O3. The summed E-state index contributed by atoms with van der Waals surface area (Å²) in [6.07, 6.45) is -4.45. The van der Waals surface area contributed by atoms with E-state index < -0.39 is 17.6 Å². The van der Waals surface area contributed by atoms with Gasteiger partial charge in [0.25, 0.3) is 5.91 Å². The minimum Gasteiger partial charge on any atom is -0.377 e. The van der Waals surface area contributed by atoms with Gasteiger partial charge in [-0.2, -0.15) is 13.2 Å². The molecule has 0 atom stereocenters. The van der Waals surface area contributed by atoms with Gasteiger partial charge in [0, 0.05) is 12.1 Å². The van der Waals surface area contributed by atoms with Crippen molar-refractivity contribution in [1.82, 2.24) is 10.5 Å². The fourth-order valence-electron chi connectivity index (χ4n) is 2.22. The van der Waals surface area contributed by atoms with Gasteiger partial charge in [-0.15, -0.1) is 0 Å². The second-order valence-electron chi connectivity index (χ2n) is 5.73. The molecule has 2 aromatic rings. The number of carbonyl (C=O) groups is 1. The van der Waals surface area contributed by atoms with Crippen LogP contribution in [-0.2, 0) is 10.9 Å². The summed E-state index contributed by atoms with van der Waals surface area (Å²) in [5, 5.41) is 6.36. The number of nitrogens with one attached hydrogen (secondary N) is 1. The van der Waals surface area contributed by atoms with E-state index in [0.717, 1.165) is 12.1 Å². The topological polar surface area (TPSA) is 64.4 Å². The van der Waals surface area contributed by atoms with E-state index in [1.165, 1.54) is 12.1 Å². The van der Waals surface area contributed by atoms with E-state index in [0.29, 0.717) is 12.3 Å². The zero-order valence-electron chi connectivity index (χ0n) is 14.1. The molecule has 1 aromatic heterocycles. The van der Waals surface area contributed by atoms with Crippen molar-refractivity contribution >= 4 is 5.91 Å². The molecule has 0 radical (unpaired) electrons. The van der Waals surface area contributed by atoms with Crippen molar-refractivity contribution in [3.8, 4) is 11.3 Å². The summed E-state index contributed by atoms with van der Waals surface area (Å²) < 4.78 is 49.1. The molecule has 0 saturated carbocycles. The van der Waals surface area contributed by atoms with E-state index in [9.17, 15) is 18.0 Å². The first kappa shape index (κ1) is 19.0. The number of hydrogen-bond acceptors (Lipinski definition) is 4. The molecule has 0 saturated heterocycles. The highest BCUT2D eigenvalue weighted by atomic mass is 19.4. The van der Waals surface area contributed by atoms with E-state index in [2.05, 4.69) is 10.5 Å². The number of aromatic nitrogens is 1. The van der Waals surface area contributed by atoms with Gasteiger partial charge in [0.15, 0.2) is 5.76 Å². The molecule has 1 N–H and O–H groups in total. The third kappa shape index (κ3) is 4.82. The molecule has 0 aliphatic rings. The molecule has 1 heterocycles. The Morgan fingerprint density at radius 3 is 2.72 bits per heavy atom. The molecule has 0 aliphatic heterocycles. The number of halogens is 3. The van der Waals surface area contributed by atoms with E-state index >= 15 is 0 Å². The highest BCUT2D eigenvalue weighted by Gasteiger charge is 2.31. The van der Waals surface area contributed by atoms with Gasteiger partial charge in [-0.05, 0) is 32.9 Å². The van der Waals surface area contributed by atoms with E-state index in [-0.39, 0.29) is 29.5 Å². The van der Waals surface area contributed by atoms with Crippen LogP contribution in [0.4, 0.5) is 13.2 Å². The lowest BCUT2D eigenvalue weighted by Gasteiger charge is -2.10. The lowest BCUT2D eigenvalue weighted by molar-refractivity contribution is -0.137. The maximum atomic E-state index is 12.9. The van der Waals surface area contributed by atoms with Crippen molar-refractivity contribution in [2.24, 2.45) is 0 Å². The fourth-order valence-corrected chi connectivity index (χ4v) is 2.22. The largest absolute Gasteiger partial charge is 0.416 e. The van der Waals surface area contributed by atoms with Crippen LogP contribution in [0.5, 0.6) is 0 Å². The first-order valence-electron chi connectivity index (χ1n) is 7.74. The Balaban J connectivity index is 2.23. The second kappa shape index (κ2) is 7.69. The molecule has 2 rings (SSSR count). The van der Waals surface area contributed by atoms with Crippen molar-refractivity contribution < 1.29 is 27.2 Å². The molecule has 1 amide bonds. The molecular weight excluding hydrogens is 337 g/mol. The molecule has 0 aliphatic carbocycles. The van der Waals surface area contributed by atoms with E-state index in [1.807, 2.05) is 13.8 Å². The molecule has 5 nitrogen and oxygen atoms in total. The van der Waals surface area contributed by atoms with Crippen LogP contribution >= 0.6 is 0 Å². The van der Waals surface area contributed by atoms with Crippen molar-refractivity contribution in [3.63, 3.8) is 0 Å². The molecule has 136 valence electrons. The van der Waals surface area contributed by atoms with Gasteiger partial charge >= 0.3 is 6.18 Å². The van der Waals surface area contributed by atoms with E-state index in [1.54, 1.807) is 6.92 Å². The number of amides is 1. The van der Waals surface area contributed by atoms with Gasteiger partial charge in [-0.1, -0.05) is 17.3 Å². The number of benzene rings is 1. The fraction of sp³-hybridized carbons (Fsp3) is 0.412. The summed E-state index contributed by atoms with van der Waals surface area (Å²) in [6.45, 7) is 5.89. The monoisotopic (exact) mass is 356 g/mol. The highest BCUT2D eigenvalue weighted by Crippen LogP contribution is 2.33. The molecule has 0 fully saturated rings. The number of carbonyl (C=O) groups excluding carboxylic acids is 1. The first-order valence-corrected chi connectivity index (χ1v) is 7.74. The van der Waals surface area contributed by atoms with Crippen LogP contribution in [-0.4, -0.2) is 30.3 Å². The van der Waals surface area contributed by atoms with Crippen molar-refractivity contribution in [1.29, 1.82) is 0 Å². The van der Waals surface area contributed by atoms with E-state index in [4.69, 9.17) is 9.26 Å². The standard InChI is InChI=1S/C17H19F3N2O3/c1-10(2)24-8-7-21-16(23)14-11(3)22-25-15(14)12-5-4-6-13(9-12)17(18,19)20/h4-6,9-10H,7-8H2,1-3H3,(H,21,23). The van der Waals surface area contributed by atoms with Crippen LogP contribution in [0.2, 0.25) is 0 Å². The molecule has 0 unspecified atom stereocenters. The lowest BCUT2D eigenvalue weighted by Crippen LogP contribution is -2.28. The molecule has 0 bridgehead atoms. The Kier molecular flexibility index (Phi) is 5.84. The van der Waals surface area contributed by atoms with Crippen molar-refractivity contribution in [2.75, 3.05) is 13.2 Å². The number of rotatable bonds is 6. The van der Waals surface area contributed by atoms with Crippen molar-refractivity contribution in [3.05, 3.63) is 41.1 Å². The van der Waals surface area contributed by atoms with Crippen LogP contribution in [0, 0.1) is 6.92 Å². The van der Waals surface area contributed by atoms with Gasteiger partial charge in [-0.25, -0.2) is 0 Å². The Hall–Kier alpha value is -2.35. The van der Waals surface area contributed by atoms with Gasteiger partial charge in [-0.3, -0.25) is 4.79 Å². The Morgan fingerprint density at radius 2 is 2.08 bits per heavy atom. The van der Waals surface area contributed by atoms with Gasteiger partial charge < -0.3 is 14.6 Å². The van der Waals surface area contributed by atoms with Crippen LogP contribution in [0.3, 0.4) is 0 Å². The lowest BCUT2D eigenvalue weighted by atomic mass is 10.0. The van der Waals surface area contributed by atoms with Crippen molar-refractivity contribution in [2.45, 2.75) is 33.1 Å². The van der Waals surface area contributed by atoms with Gasteiger partial charge in [0.05, 0.1) is 24.0 Å². The first-order chi connectivity index (χ1) is 11.7. The maximum absolute atomic E-state index is 12.9. The Bertz CT molecular complexity index is 739. The normalized spacial score (nSPS) is 11.8. The highest BCUT2D eigenvalue weighted by molar-refractivity contribution is 6.00. The predicted molar refractivity (Wildman–Crippen MR) is 85.1 cm³/mol. The summed E-state index contributed by atoms with van der Waals surface area (Å²) >= 11 is 0. The average Bonchev–Trinajstić information content (AvgIpc) is 2.92. The van der Waals surface area contributed by atoms with Crippen LogP contribution in [0.25, 0.3) is 11.3 Å². The third-order valence-electron chi connectivity index (χ3n) is 3.38. The zero-order chi connectivity index (χ0) is 18.6. The number of aryl methyl sites for hydroxylation is 1. The second-order valence-corrected chi connectivity index (χ2v) is 5.73. The summed E-state index contributed by atoms with van der Waals surface area (Å²) in [5.41, 5.74) is -0.270. The number of ether oxygens (including phenoxy) is 1.